The Kier molecular flexibility index (Phi) is 10.8. The van der Waals surface area contributed by atoms with E-state index in [9.17, 15) is 0 Å². The molecule has 5 aromatic carbocycles. The van der Waals surface area contributed by atoms with E-state index in [0.29, 0.717) is 17.5 Å². The quantitative estimate of drug-likeness (QED) is 0.118. The number of nitrogens with zero attached hydrogens (tertiary/aromatic N) is 2. The normalized spacial score (nSPS) is 18.3. The first-order valence-electron chi connectivity index (χ1n) is 21.1. The molecule has 1 radical (unpaired) electrons. The van der Waals surface area contributed by atoms with Gasteiger partial charge in [-0.2, -0.15) is 0 Å². The van der Waals surface area contributed by atoms with Crippen molar-refractivity contribution in [3.8, 4) is 44.8 Å². The molecule has 57 heavy (non-hydrogen) atoms. The molecule has 3 aliphatic rings. The summed E-state index contributed by atoms with van der Waals surface area (Å²) in [6.45, 7) is 7.01. The summed E-state index contributed by atoms with van der Waals surface area (Å²) >= 11 is 0. The second-order valence-corrected chi connectivity index (χ2v) is 21.6. The predicted molar refractivity (Wildman–Crippen MR) is 235 cm³/mol. The van der Waals surface area contributed by atoms with Gasteiger partial charge in [-0.1, -0.05) is 151 Å². The zero-order valence-corrected chi connectivity index (χ0v) is 36.2. The molecule has 8 aromatic rings. The number of rotatable bonds is 7. The molecule has 0 saturated heterocycles. The van der Waals surface area contributed by atoms with E-state index in [1.165, 1.54) is 42.0 Å². The van der Waals surface area contributed by atoms with Crippen LogP contribution in [-0.2, 0) is 26.5 Å². The van der Waals surface area contributed by atoms with Crippen molar-refractivity contribution in [3.63, 3.8) is 0 Å². The molecule has 287 valence electrons. The molecule has 0 N–H and O–H groups in total. The molecule has 3 saturated carbocycles. The van der Waals surface area contributed by atoms with Crippen LogP contribution in [0.5, 0.6) is 0 Å². The third kappa shape index (κ3) is 8.53. The van der Waals surface area contributed by atoms with Crippen LogP contribution in [0.2, 0.25) is 19.6 Å². The minimum atomic E-state index is -1.37. The van der Waals surface area contributed by atoms with Crippen molar-refractivity contribution in [2.45, 2.75) is 58.1 Å². The molecule has 5 heteroatoms. The van der Waals surface area contributed by atoms with Crippen LogP contribution in [-0.4, -0.2) is 18.0 Å². The summed E-state index contributed by atoms with van der Waals surface area (Å²) in [4.78, 5) is 9.27. The first-order valence-corrected chi connectivity index (χ1v) is 23.6. The Morgan fingerprint density at radius 3 is 2.09 bits per heavy atom. The van der Waals surface area contributed by atoms with Crippen molar-refractivity contribution in [1.29, 1.82) is 0 Å². The number of aromatic nitrogens is 2. The Bertz CT molecular complexity index is 2670. The Morgan fingerprint density at radius 1 is 0.702 bits per heavy atom. The number of benzene rings is 5. The molecule has 11 rings (SSSR count). The van der Waals surface area contributed by atoms with Gasteiger partial charge < -0.3 is 14.4 Å². The summed E-state index contributed by atoms with van der Waals surface area (Å²) < 4.78 is 24.7. The Labute approximate surface area is 354 Å². The third-order valence-corrected chi connectivity index (χ3v) is 13.8. The smallest absolute Gasteiger partial charge is 0.121 e. The first kappa shape index (κ1) is 36.4. The van der Waals surface area contributed by atoms with Crippen LogP contribution in [0.4, 0.5) is 0 Å². The molecular formula is C52H48IrN2OSi-2. The maximum Gasteiger partial charge on any atom is 0.121 e. The van der Waals surface area contributed by atoms with Crippen molar-refractivity contribution in [3.05, 3.63) is 164 Å². The van der Waals surface area contributed by atoms with E-state index >= 15 is 0 Å². The van der Waals surface area contributed by atoms with Crippen molar-refractivity contribution in [2.24, 2.45) is 17.8 Å². The zero-order valence-electron chi connectivity index (χ0n) is 34.8. The summed E-state index contributed by atoms with van der Waals surface area (Å²) in [6, 6.07) is 52.1. The Hall–Kier alpha value is -4.93. The fourth-order valence-electron chi connectivity index (χ4n) is 8.56. The van der Waals surface area contributed by atoms with Crippen LogP contribution in [0.25, 0.3) is 66.7 Å². The molecule has 3 aliphatic carbocycles. The molecule has 3 fully saturated rings. The van der Waals surface area contributed by atoms with Gasteiger partial charge in [0.1, 0.15) is 5.58 Å². The largest absolute Gasteiger partial charge is 0.501 e. The van der Waals surface area contributed by atoms with Gasteiger partial charge in [0.25, 0.3) is 0 Å². The summed E-state index contributed by atoms with van der Waals surface area (Å²) in [7, 11) is -1.28. The van der Waals surface area contributed by atoms with Gasteiger partial charge in [-0.3, -0.25) is 0 Å². The monoisotopic (exact) mass is 939 g/mol. The number of hydrogen-bond donors (Lipinski definition) is 0. The predicted octanol–water partition coefficient (Wildman–Crippen LogP) is 13.2. The van der Waals surface area contributed by atoms with Gasteiger partial charge in [0.2, 0.25) is 0 Å². The molecule has 0 amide bonds. The van der Waals surface area contributed by atoms with Gasteiger partial charge in [-0.25, -0.2) is 0 Å². The topological polar surface area (TPSA) is 38.9 Å². The van der Waals surface area contributed by atoms with E-state index in [1.807, 2.05) is 60.8 Å². The van der Waals surface area contributed by atoms with Gasteiger partial charge in [0.15, 0.2) is 0 Å². The Balaban J connectivity index is 0.000000181. The number of furan rings is 1. The molecule has 0 aliphatic heterocycles. The van der Waals surface area contributed by atoms with Crippen LogP contribution < -0.4 is 5.19 Å². The van der Waals surface area contributed by atoms with E-state index in [-0.39, 0.29) is 26.0 Å². The molecule has 3 heterocycles. The second-order valence-electron chi connectivity index (χ2n) is 16.5. The zero-order chi connectivity index (χ0) is 39.9. The van der Waals surface area contributed by atoms with E-state index in [4.69, 9.17) is 7.16 Å². The molecule has 3 aromatic heterocycles. The number of pyridine rings is 2. The fourth-order valence-corrected chi connectivity index (χ4v) is 9.59. The molecule has 1 unspecified atom stereocenters. The maximum atomic E-state index is 9.14. The van der Waals surface area contributed by atoms with Crippen LogP contribution >= 0.6 is 0 Å². The average Bonchev–Trinajstić information content (AvgIpc) is 3.66. The van der Waals surface area contributed by atoms with Crippen molar-refractivity contribution >= 4 is 35.2 Å². The molecule has 2 bridgehead atoms. The van der Waals surface area contributed by atoms with E-state index in [2.05, 4.69) is 121 Å². The summed E-state index contributed by atoms with van der Waals surface area (Å²) in [5, 5.41) is 3.47. The minimum absolute atomic E-state index is 0. The van der Waals surface area contributed by atoms with Crippen molar-refractivity contribution in [2.75, 3.05) is 0 Å². The number of hydrogen-bond acceptors (Lipinski definition) is 3. The fraction of sp³-hybridized carbons (Fsp3) is 0.231. The molecule has 3 nitrogen and oxygen atoms in total. The van der Waals surface area contributed by atoms with Crippen LogP contribution in [0, 0.1) is 29.9 Å². The Morgan fingerprint density at radius 2 is 1.44 bits per heavy atom. The standard InChI is InChI=1S/C32H28NO.C20H20NSi.Ir/c1-2-5-23(6-3-1)25-13-14-27-28-7-4-8-29(32(28)34-31(27)20-25)30-19-22(15-16-33-30)18-26-17-21-9-11-24(26)12-10-21;1-22(2,3)19-13-14-20(21-15-19)18-11-9-17(10-12-18)16-7-5-4-6-8-16;/h1-7,13-16,19-21,24,26H,9-12,17-18H2;4-11,13-15H,1-3H3;/q2*-1;/i18D2;;. The summed E-state index contributed by atoms with van der Waals surface area (Å²) in [5.74, 6) is 1.27. The molecular weight excluding hydrogens is 889 g/mol. The summed E-state index contributed by atoms with van der Waals surface area (Å²) in [5.41, 5.74) is 10.5. The SMILES string of the molecule is C[Si](C)(C)c1ccc(-c2[c-]cc(-c3ccccc3)cc2)nc1.[2H]C([2H])(c1ccnc(-c2[c-]ccc3c2oc2cc(-c4ccccc4)ccc23)c1)C1CC2CCC1CC2.[Ir]. The van der Waals surface area contributed by atoms with Gasteiger partial charge >= 0.3 is 0 Å². The van der Waals surface area contributed by atoms with Gasteiger partial charge in [-0.15, -0.1) is 48.0 Å². The molecule has 0 spiro atoms. The minimum Gasteiger partial charge on any atom is -0.501 e. The third-order valence-electron chi connectivity index (χ3n) is 11.8. The number of fused-ring (bicyclic) bond motifs is 6. The van der Waals surface area contributed by atoms with Gasteiger partial charge in [0.05, 0.1) is 13.7 Å². The van der Waals surface area contributed by atoms with Crippen molar-refractivity contribution < 1.29 is 27.3 Å². The maximum absolute atomic E-state index is 9.14. The van der Waals surface area contributed by atoms with Gasteiger partial charge in [0, 0.05) is 40.6 Å². The van der Waals surface area contributed by atoms with Crippen LogP contribution in [0.1, 0.15) is 40.4 Å². The molecule has 1 atom stereocenters. The van der Waals surface area contributed by atoms with E-state index in [0.717, 1.165) is 61.9 Å². The van der Waals surface area contributed by atoms with E-state index in [1.54, 1.807) is 6.20 Å². The van der Waals surface area contributed by atoms with Crippen LogP contribution in [0.3, 0.4) is 0 Å². The van der Waals surface area contributed by atoms with E-state index < -0.39 is 14.4 Å². The summed E-state index contributed by atoms with van der Waals surface area (Å²) in [6.07, 6.45) is 8.29. The second kappa shape index (κ2) is 16.9. The average molecular weight is 939 g/mol. The first-order chi connectivity index (χ1) is 28.1. The van der Waals surface area contributed by atoms with Gasteiger partial charge in [-0.05, 0) is 83.2 Å². The van der Waals surface area contributed by atoms with Crippen LogP contribution in [0.15, 0.2) is 150 Å². The van der Waals surface area contributed by atoms with Crippen molar-refractivity contribution in [1.82, 2.24) is 9.97 Å².